The first-order valence-electron chi connectivity index (χ1n) is 8.09. The molecule has 0 amide bonds. The van der Waals surface area contributed by atoms with Crippen molar-refractivity contribution < 1.29 is 0 Å². The van der Waals surface area contributed by atoms with E-state index in [1.54, 1.807) is 36.4 Å². The molecule has 0 unspecified atom stereocenters. The predicted molar refractivity (Wildman–Crippen MR) is 105 cm³/mol. The Morgan fingerprint density at radius 2 is 1.50 bits per heavy atom. The van der Waals surface area contributed by atoms with Gasteiger partial charge in [-0.05, 0) is 47.5 Å². The number of H-pyrrole nitrogens is 1. The molecule has 0 atom stereocenters. The molecular weight excluding hydrogens is 344 g/mol. The van der Waals surface area contributed by atoms with Gasteiger partial charge in [-0.2, -0.15) is 5.26 Å². The molecule has 1 heterocycles. The van der Waals surface area contributed by atoms with Gasteiger partial charge in [-0.25, -0.2) is 0 Å². The fraction of sp³-hybridized carbons (Fsp3) is 0. The second-order valence-corrected chi connectivity index (χ2v) is 6.38. The molecule has 26 heavy (non-hydrogen) atoms. The standard InChI is InChI=1S/C22H13ClN2O/c23-17-11-9-16(10-12-17)21-20(15-7-5-14(13-24)6-8-15)22(26)18-3-1-2-4-19(18)25-21/h1-12H,(H,25,26). The van der Waals surface area contributed by atoms with Crippen LogP contribution in [0.1, 0.15) is 5.56 Å². The number of nitrogens with one attached hydrogen (secondary N) is 1. The number of nitrogens with zero attached hydrogens (tertiary/aromatic N) is 1. The van der Waals surface area contributed by atoms with E-state index >= 15 is 0 Å². The lowest BCUT2D eigenvalue weighted by Crippen LogP contribution is -2.09. The number of benzene rings is 3. The Balaban J connectivity index is 2.06. The van der Waals surface area contributed by atoms with Crippen LogP contribution in [-0.2, 0) is 0 Å². The lowest BCUT2D eigenvalue weighted by atomic mass is 9.96. The SMILES string of the molecule is N#Cc1ccc(-c2c(-c3ccc(Cl)cc3)[nH]c3ccccc3c2=O)cc1. The van der Waals surface area contributed by atoms with Gasteiger partial charge >= 0.3 is 0 Å². The third kappa shape index (κ3) is 2.77. The van der Waals surface area contributed by atoms with Crippen molar-refractivity contribution in [1.29, 1.82) is 5.26 Å². The largest absolute Gasteiger partial charge is 0.354 e. The minimum Gasteiger partial charge on any atom is -0.354 e. The highest BCUT2D eigenvalue weighted by Gasteiger charge is 2.15. The molecule has 0 radical (unpaired) electrons. The highest BCUT2D eigenvalue weighted by atomic mass is 35.5. The van der Waals surface area contributed by atoms with Gasteiger partial charge in [0, 0.05) is 15.9 Å². The Labute approximate surface area is 155 Å². The maximum atomic E-state index is 13.2. The summed E-state index contributed by atoms with van der Waals surface area (Å²) in [6.45, 7) is 0. The summed E-state index contributed by atoms with van der Waals surface area (Å²) in [5.41, 5.74) is 4.23. The molecule has 0 aliphatic heterocycles. The van der Waals surface area contributed by atoms with E-state index in [1.165, 1.54) is 0 Å². The summed E-state index contributed by atoms with van der Waals surface area (Å²) in [7, 11) is 0. The lowest BCUT2D eigenvalue weighted by Gasteiger charge is -2.12. The fourth-order valence-electron chi connectivity index (χ4n) is 3.06. The second kappa shape index (κ2) is 6.51. The van der Waals surface area contributed by atoms with Crippen molar-refractivity contribution >= 4 is 22.5 Å². The summed E-state index contributed by atoms with van der Waals surface area (Å²) in [6.07, 6.45) is 0. The van der Waals surface area contributed by atoms with E-state index < -0.39 is 0 Å². The lowest BCUT2D eigenvalue weighted by molar-refractivity contribution is 1.37. The molecule has 124 valence electrons. The smallest absolute Gasteiger partial charge is 0.197 e. The average molecular weight is 357 g/mol. The number of aromatic amines is 1. The first-order chi connectivity index (χ1) is 12.7. The first-order valence-corrected chi connectivity index (χ1v) is 8.46. The van der Waals surface area contributed by atoms with E-state index in [0.29, 0.717) is 21.5 Å². The Hall–Kier alpha value is -3.35. The number of hydrogen-bond acceptors (Lipinski definition) is 2. The zero-order valence-corrected chi connectivity index (χ0v) is 14.4. The highest BCUT2D eigenvalue weighted by Crippen LogP contribution is 2.30. The Bertz CT molecular complexity index is 1200. The molecule has 1 aromatic heterocycles. The highest BCUT2D eigenvalue weighted by molar-refractivity contribution is 6.30. The van der Waals surface area contributed by atoms with Crippen LogP contribution >= 0.6 is 11.6 Å². The minimum atomic E-state index is -0.0472. The van der Waals surface area contributed by atoms with E-state index in [4.69, 9.17) is 16.9 Å². The number of para-hydroxylation sites is 1. The number of nitriles is 1. The van der Waals surface area contributed by atoms with Crippen molar-refractivity contribution in [3.05, 3.63) is 93.6 Å². The van der Waals surface area contributed by atoms with Crippen LogP contribution in [-0.4, -0.2) is 4.98 Å². The van der Waals surface area contributed by atoms with E-state index in [9.17, 15) is 4.79 Å². The molecule has 0 fully saturated rings. The number of hydrogen-bond donors (Lipinski definition) is 1. The van der Waals surface area contributed by atoms with Crippen molar-refractivity contribution in [2.45, 2.75) is 0 Å². The Morgan fingerprint density at radius 1 is 0.846 bits per heavy atom. The molecule has 4 heteroatoms. The summed E-state index contributed by atoms with van der Waals surface area (Å²) in [5, 5.41) is 10.3. The van der Waals surface area contributed by atoms with Gasteiger partial charge in [0.05, 0.1) is 22.9 Å². The zero-order chi connectivity index (χ0) is 18.1. The molecule has 3 aromatic carbocycles. The van der Waals surface area contributed by atoms with Crippen molar-refractivity contribution in [1.82, 2.24) is 4.98 Å². The van der Waals surface area contributed by atoms with Gasteiger partial charge in [0.25, 0.3) is 0 Å². The molecule has 3 nitrogen and oxygen atoms in total. The normalized spacial score (nSPS) is 10.6. The van der Waals surface area contributed by atoms with Crippen LogP contribution in [0.25, 0.3) is 33.3 Å². The van der Waals surface area contributed by atoms with Crippen molar-refractivity contribution in [2.24, 2.45) is 0 Å². The van der Waals surface area contributed by atoms with Crippen LogP contribution in [0, 0.1) is 11.3 Å². The number of fused-ring (bicyclic) bond motifs is 1. The maximum absolute atomic E-state index is 13.2. The Morgan fingerprint density at radius 3 is 2.19 bits per heavy atom. The van der Waals surface area contributed by atoms with Gasteiger partial charge in [-0.3, -0.25) is 4.79 Å². The summed E-state index contributed by atoms with van der Waals surface area (Å²) in [4.78, 5) is 16.6. The van der Waals surface area contributed by atoms with Crippen LogP contribution in [0.15, 0.2) is 77.6 Å². The molecule has 4 rings (SSSR count). The molecule has 0 bridgehead atoms. The molecule has 1 N–H and O–H groups in total. The van der Waals surface area contributed by atoms with Crippen LogP contribution in [0.5, 0.6) is 0 Å². The summed E-state index contributed by atoms with van der Waals surface area (Å²) in [6, 6.07) is 24.0. The van der Waals surface area contributed by atoms with Crippen LogP contribution in [0.4, 0.5) is 0 Å². The summed E-state index contributed by atoms with van der Waals surface area (Å²) in [5.74, 6) is 0. The van der Waals surface area contributed by atoms with Crippen molar-refractivity contribution in [3.63, 3.8) is 0 Å². The maximum Gasteiger partial charge on any atom is 0.197 e. The van der Waals surface area contributed by atoms with Crippen LogP contribution in [0.2, 0.25) is 5.02 Å². The van der Waals surface area contributed by atoms with Gasteiger partial charge in [-0.1, -0.05) is 48.0 Å². The number of rotatable bonds is 2. The Kier molecular flexibility index (Phi) is 4.04. The fourth-order valence-corrected chi connectivity index (χ4v) is 3.18. The number of pyridine rings is 1. The van der Waals surface area contributed by atoms with Gasteiger partial charge in [-0.15, -0.1) is 0 Å². The van der Waals surface area contributed by atoms with E-state index in [2.05, 4.69) is 11.1 Å². The second-order valence-electron chi connectivity index (χ2n) is 5.95. The quantitative estimate of drug-likeness (QED) is 0.523. The van der Waals surface area contributed by atoms with Crippen molar-refractivity contribution in [2.75, 3.05) is 0 Å². The molecule has 0 spiro atoms. The topological polar surface area (TPSA) is 56.6 Å². The monoisotopic (exact) mass is 356 g/mol. The minimum absolute atomic E-state index is 0.0472. The van der Waals surface area contributed by atoms with E-state index in [-0.39, 0.29) is 5.43 Å². The number of halogens is 1. The van der Waals surface area contributed by atoms with Gasteiger partial charge in [0.1, 0.15) is 0 Å². The van der Waals surface area contributed by atoms with Gasteiger partial charge < -0.3 is 4.98 Å². The van der Waals surface area contributed by atoms with Gasteiger partial charge in [0.15, 0.2) is 5.43 Å². The van der Waals surface area contributed by atoms with E-state index in [1.807, 2.05) is 36.4 Å². The average Bonchev–Trinajstić information content (AvgIpc) is 2.69. The first kappa shape index (κ1) is 16.1. The van der Waals surface area contributed by atoms with Crippen LogP contribution < -0.4 is 5.43 Å². The van der Waals surface area contributed by atoms with Gasteiger partial charge in [0.2, 0.25) is 0 Å². The van der Waals surface area contributed by atoms with E-state index in [0.717, 1.165) is 22.3 Å². The summed E-state index contributed by atoms with van der Waals surface area (Å²) < 4.78 is 0. The molecule has 0 aliphatic carbocycles. The molecule has 4 aromatic rings. The molecule has 0 saturated carbocycles. The predicted octanol–water partition coefficient (Wildman–Crippen LogP) is 5.39. The third-order valence-corrected chi connectivity index (χ3v) is 4.60. The summed E-state index contributed by atoms with van der Waals surface area (Å²) >= 11 is 6.01. The zero-order valence-electron chi connectivity index (χ0n) is 13.7. The van der Waals surface area contributed by atoms with Crippen molar-refractivity contribution in [3.8, 4) is 28.5 Å². The molecule has 0 aliphatic rings. The van der Waals surface area contributed by atoms with Crippen LogP contribution in [0.3, 0.4) is 0 Å². The molecule has 0 saturated heterocycles. The number of aromatic nitrogens is 1. The molecular formula is C22H13ClN2O. The third-order valence-electron chi connectivity index (χ3n) is 4.34.